The summed E-state index contributed by atoms with van der Waals surface area (Å²) in [6, 6.07) is 14.3. The van der Waals surface area contributed by atoms with Crippen molar-refractivity contribution in [3.05, 3.63) is 99.6 Å². The average Bonchev–Trinajstić information content (AvgIpc) is 3.30. The number of nitrogens with one attached hydrogen (secondary N) is 2. The standard InChI is InChI=1S/C25H19Cl2F3N2O2S/c26-21-9-7-14(11-22(21)27)24-19-6-2-5-18(19)20-13-17(8-10-23(20)31-24)35(33,34)32-16-4-1-3-15(12-16)25(28,29)30/h1-5,7-13,18-19,24,31-32H,6H2/t18-,19+,24+/m1/s1. The first-order chi connectivity index (χ1) is 16.5. The molecule has 3 aromatic rings. The molecule has 2 N–H and O–H groups in total. The van der Waals surface area contributed by atoms with Crippen molar-refractivity contribution in [3.8, 4) is 0 Å². The summed E-state index contributed by atoms with van der Waals surface area (Å²) in [7, 11) is -4.12. The van der Waals surface area contributed by atoms with E-state index in [2.05, 4.69) is 22.2 Å². The van der Waals surface area contributed by atoms with Crippen molar-refractivity contribution in [2.75, 3.05) is 10.0 Å². The van der Waals surface area contributed by atoms with E-state index in [0.717, 1.165) is 41.4 Å². The van der Waals surface area contributed by atoms with Gasteiger partial charge >= 0.3 is 6.18 Å². The fourth-order valence-corrected chi connectivity index (χ4v) is 6.14. The van der Waals surface area contributed by atoms with E-state index in [1.54, 1.807) is 18.2 Å². The maximum Gasteiger partial charge on any atom is 0.416 e. The predicted octanol–water partition coefficient (Wildman–Crippen LogP) is 7.64. The van der Waals surface area contributed by atoms with Crippen molar-refractivity contribution in [3.63, 3.8) is 0 Å². The summed E-state index contributed by atoms with van der Waals surface area (Å²) in [5.41, 5.74) is 1.49. The highest BCUT2D eigenvalue weighted by molar-refractivity contribution is 7.92. The van der Waals surface area contributed by atoms with Crippen molar-refractivity contribution in [1.82, 2.24) is 0 Å². The van der Waals surface area contributed by atoms with Gasteiger partial charge in [0.05, 0.1) is 26.5 Å². The summed E-state index contributed by atoms with van der Waals surface area (Å²) < 4.78 is 67.4. The summed E-state index contributed by atoms with van der Waals surface area (Å²) in [6.45, 7) is 0. The molecule has 0 amide bonds. The van der Waals surface area contributed by atoms with E-state index < -0.39 is 21.8 Å². The van der Waals surface area contributed by atoms with Gasteiger partial charge in [-0.2, -0.15) is 13.2 Å². The van der Waals surface area contributed by atoms with Crippen LogP contribution in [0.5, 0.6) is 0 Å². The molecule has 3 aromatic carbocycles. The van der Waals surface area contributed by atoms with Gasteiger partial charge in [0.2, 0.25) is 0 Å². The van der Waals surface area contributed by atoms with Crippen LogP contribution in [0.25, 0.3) is 0 Å². The van der Waals surface area contributed by atoms with E-state index >= 15 is 0 Å². The molecule has 10 heteroatoms. The van der Waals surface area contributed by atoms with Crippen molar-refractivity contribution < 1.29 is 21.6 Å². The van der Waals surface area contributed by atoms with Gasteiger partial charge in [0.25, 0.3) is 10.0 Å². The number of hydrogen-bond donors (Lipinski definition) is 2. The minimum Gasteiger partial charge on any atom is -0.378 e. The lowest BCUT2D eigenvalue weighted by molar-refractivity contribution is -0.137. The highest BCUT2D eigenvalue weighted by Crippen LogP contribution is 2.50. The van der Waals surface area contributed by atoms with Gasteiger partial charge in [-0.1, -0.05) is 47.5 Å². The zero-order chi connectivity index (χ0) is 25.0. The fraction of sp³-hybridized carbons (Fsp3) is 0.200. The number of halogens is 5. The van der Waals surface area contributed by atoms with E-state index in [1.165, 1.54) is 12.1 Å². The second kappa shape index (κ2) is 8.76. The van der Waals surface area contributed by atoms with Gasteiger partial charge in [0.15, 0.2) is 0 Å². The highest BCUT2D eigenvalue weighted by Gasteiger charge is 2.38. The molecule has 3 atom stereocenters. The number of rotatable bonds is 4. The van der Waals surface area contributed by atoms with Crippen LogP contribution in [0.4, 0.5) is 24.5 Å². The maximum absolute atomic E-state index is 13.0. The van der Waals surface area contributed by atoms with Crippen LogP contribution in [0.1, 0.15) is 35.1 Å². The Kier molecular flexibility index (Phi) is 6.02. The molecule has 0 fully saturated rings. The lowest BCUT2D eigenvalue weighted by atomic mass is 9.77. The smallest absolute Gasteiger partial charge is 0.378 e. The summed E-state index contributed by atoms with van der Waals surface area (Å²) in [6.07, 6.45) is 0.347. The number of fused-ring (bicyclic) bond motifs is 3. The molecule has 1 aliphatic heterocycles. The molecule has 0 radical (unpaired) electrons. The van der Waals surface area contributed by atoms with E-state index in [4.69, 9.17) is 23.2 Å². The van der Waals surface area contributed by atoms with Crippen molar-refractivity contribution in [2.24, 2.45) is 5.92 Å². The number of anilines is 2. The van der Waals surface area contributed by atoms with E-state index in [-0.39, 0.29) is 28.5 Å². The van der Waals surface area contributed by atoms with Gasteiger partial charge in [-0.3, -0.25) is 4.72 Å². The Morgan fingerprint density at radius 1 is 0.971 bits per heavy atom. The van der Waals surface area contributed by atoms with Crippen molar-refractivity contribution in [2.45, 2.75) is 29.5 Å². The number of sulfonamides is 1. The van der Waals surface area contributed by atoms with Crippen LogP contribution in [-0.4, -0.2) is 8.42 Å². The highest BCUT2D eigenvalue weighted by atomic mass is 35.5. The molecule has 5 rings (SSSR count). The van der Waals surface area contributed by atoms with Crippen LogP contribution >= 0.6 is 23.2 Å². The Morgan fingerprint density at radius 2 is 1.77 bits per heavy atom. The van der Waals surface area contributed by atoms with Gasteiger partial charge in [-0.25, -0.2) is 8.42 Å². The van der Waals surface area contributed by atoms with Gasteiger partial charge in [-0.05, 0) is 72.0 Å². The number of alkyl halides is 3. The summed E-state index contributed by atoms with van der Waals surface area (Å²) in [5, 5.41) is 4.43. The first-order valence-electron chi connectivity index (χ1n) is 10.7. The van der Waals surface area contributed by atoms with Crippen LogP contribution in [0.3, 0.4) is 0 Å². The Hall–Kier alpha value is -2.68. The summed E-state index contributed by atoms with van der Waals surface area (Å²) in [4.78, 5) is -0.0255. The summed E-state index contributed by atoms with van der Waals surface area (Å²) in [5.74, 6) is 0.100. The number of hydrogen-bond acceptors (Lipinski definition) is 3. The largest absolute Gasteiger partial charge is 0.416 e. The number of benzene rings is 3. The van der Waals surface area contributed by atoms with E-state index in [1.807, 2.05) is 12.1 Å². The Bertz CT molecular complexity index is 1440. The van der Waals surface area contributed by atoms with E-state index in [0.29, 0.717) is 10.0 Å². The van der Waals surface area contributed by atoms with Gasteiger partial charge < -0.3 is 5.32 Å². The molecule has 0 aromatic heterocycles. The lowest BCUT2D eigenvalue weighted by Gasteiger charge is -2.37. The molecule has 35 heavy (non-hydrogen) atoms. The Morgan fingerprint density at radius 3 is 2.51 bits per heavy atom. The molecule has 182 valence electrons. The second-order valence-electron chi connectivity index (χ2n) is 8.58. The molecule has 2 aliphatic rings. The lowest BCUT2D eigenvalue weighted by Crippen LogP contribution is -2.29. The van der Waals surface area contributed by atoms with Crippen molar-refractivity contribution in [1.29, 1.82) is 0 Å². The van der Waals surface area contributed by atoms with Gasteiger partial charge in [0.1, 0.15) is 0 Å². The van der Waals surface area contributed by atoms with Gasteiger partial charge in [-0.15, -0.1) is 0 Å². The third-order valence-electron chi connectivity index (χ3n) is 6.39. The number of allylic oxidation sites excluding steroid dienone is 2. The van der Waals surface area contributed by atoms with Crippen molar-refractivity contribution >= 4 is 44.6 Å². The van der Waals surface area contributed by atoms with Gasteiger partial charge in [0, 0.05) is 17.3 Å². The van der Waals surface area contributed by atoms with E-state index in [9.17, 15) is 21.6 Å². The Labute approximate surface area is 210 Å². The zero-order valence-electron chi connectivity index (χ0n) is 18.0. The summed E-state index contributed by atoms with van der Waals surface area (Å²) >= 11 is 12.3. The van der Waals surface area contributed by atoms with Crippen LogP contribution in [0.15, 0.2) is 77.7 Å². The first-order valence-corrected chi connectivity index (χ1v) is 13.0. The minimum absolute atomic E-state index is 0.0255. The molecule has 0 saturated heterocycles. The topological polar surface area (TPSA) is 58.2 Å². The van der Waals surface area contributed by atoms with Crippen LogP contribution in [0, 0.1) is 5.92 Å². The normalized spacial score (nSPS) is 21.2. The minimum atomic E-state index is -4.58. The van der Waals surface area contributed by atoms with Crippen LogP contribution < -0.4 is 10.0 Å². The molecular weight excluding hydrogens is 520 g/mol. The third-order valence-corrected chi connectivity index (χ3v) is 8.51. The predicted molar refractivity (Wildman–Crippen MR) is 132 cm³/mol. The SMILES string of the molecule is O=S(=O)(Nc1cccc(C(F)(F)F)c1)c1ccc2c(c1)[C@@H]1C=CC[C@@H]1[C@H](c1ccc(Cl)c(Cl)c1)N2. The molecule has 0 bridgehead atoms. The fourth-order valence-electron chi connectivity index (χ4n) is 4.75. The average molecular weight is 539 g/mol. The molecule has 0 spiro atoms. The monoisotopic (exact) mass is 538 g/mol. The molecule has 0 unspecified atom stereocenters. The molecule has 1 aliphatic carbocycles. The first kappa shape index (κ1) is 24.0. The second-order valence-corrected chi connectivity index (χ2v) is 11.1. The zero-order valence-corrected chi connectivity index (χ0v) is 20.3. The molecule has 0 saturated carbocycles. The van der Waals surface area contributed by atoms with Crippen LogP contribution in [-0.2, 0) is 16.2 Å². The quantitative estimate of drug-likeness (QED) is 0.335. The van der Waals surface area contributed by atoms with Crippen LogP contribution in [0.2, 0.25) is 10.0 Å². The molecular formula is C25H19Cl2F3N2O2S. The maximum atomic E-state index is 13.0. The third kappa shape index (κ3) is 4.62. The molecule has 1 heterocycles. The Balaban J connectivity index is 1.47. The molecule has 4 nitrogen and oxygen atoms in total.